The maximum Gasteiger partial charge on any atom is 0.330 e. The van der Waals surface area contributed by atoms with Crippen LogP contribution in [-0.2, 0) is 23.9 Å². The topological polar surface area (TPSA) is 128 Å². The Balaban J connectivity index is 4.61. The molecule has 0 aliphatic heterocycles. The van der Waals surface area contributed by atoms with Crippen molar-refractivity contribution in [1.82, 2.24) is 5.32 Å². The van der Waals surface area contributed by atoms with E-state index in [2.05, 4.69) is 10.1 Å². The first-order valence-electron chi connectivity index (χ1n) is 6.06. The van der Waals surface area contributed by atoms with Gasteiger partial charge < -0.3 is 25.6 Å². The molecule has 0 aliphatic rings. The highest BCUT2D eigenvalue weighted by atomic mass is 16.5. The first kappa shape index (κ1) is 18.3. The van der Waals surface area contributed by atoms with E-state index in [4.69, 9.17) is 15.6 Å². The van der Waals surface area contributed by atoms with E-state index in [1.807, 2.05) is 0 Å². The lowest BCUT2D eigenvalue weighted by Crippen LogP contribution is -2.51. The number of carboxylic acid groups (broad SMARTS) is 1. The van der Waals surface area contributed by atoms with Gasteiger partial charge in [0.25, 0.3) is 0 Å². The minimum Gasteiger partial charge on any atom is -0.481 e. The number of nitrogens with two attached hydrogens (primary N) is 1. The van der Waals surface area contributed by atoms with E-state index >= 15 is 0 Å². The predicted molar refractivity (Wildman–Crippen MR) is 69.9 cm³/mol. The Kier molecular flexibility index (Phi) is 7.16. The Morgan fingerprint density at radius 3 is 2.25 bits per heavy atom. The zero-order chi connectivity index (χ0) is 15.9. The molecule has 4 N–H and O–H groups in total. The molecule has 2 atom stereocenters. The summed E-state index contributed by atoms with van der Waals surface area (Å²) in [5.74, 6) is -2.64. The summed E-state index contributed by atoms with van der Waals surface area (Å²) >= 11 is 0. The molecule has 0 radical (unpaired) electrons. The number of aliphatic carboxylic acids is 1. The van der Waals surface area contributed by atoms with E-state index < -0.39 is 42.0 Å². The molecule has 0 aromatic heterocycles. The van der Waals surface area contributed by atoms with Crippen molar-refractivity contribution in [3.05, 3.63) is 0 Å². The Bertz CT molecular complexity index is 363. The number of carbonyl (C=O) groups is 3. The summed E-state index contributed by atoms with van der Waals surface area (Å²) in [6.07, 6.45) is -0.528. The average Bonchev–Trinajstić information content (AvgIpc) is 2.31. The summed E-state index contributed by atoms with van der Waals surface area (Å²) in [5.41, 5.74) is 4.90. The summed E-state index contributed by atoms with van der Waals surface area (Å²) in [6.45, 7) is 5.28. The number of hydrogen-bond donors (Lipinski definition) is 3. The number of methoxy groups -OCH3 is 1. The monoisotopic (exact) mass is 290 g/mol. The Morgan fingerprint density at radius 1 is 1.30 bits per heavy atom. The Morgan fingerprint density at radius 2 is 1.85 bits per heavy atom. The van der Waals surface area contributed by atoms with Gasteiger partial charge in [-0.3, -0.25) is 9.59 Å². The number of hydrogen-bond acceptors (Lipinski definition) is 6. The van der Waals surface area contributed by atoms with Gasteiger partial charge in [-0.2, -0.15) is 0 Å². The molecule has 0 unspecified atom stereocenters. The van der Waals surface area contributed by atoms with Gasteiger partial charge in [0.2, 0.25) is 5.91 Å². The van der Waals surface area contributed by atoms with Gasteiger partial charge in [-0.25, -0.2) is 4.79 Å². The molecular formula is C12H22N2O6. The maximum atomic E-state index is 11.7. The normalized spacial score (nSPS) is 14.2. The fraction of sp³-hybridized carbons (Fsp3) is 0.750. The molecule has 20 heavy (non-hydrogen) atoms. The van der Waals surface area contributed by atoms with E-state index in [1.54, 1.807) is 20.8 Å². The zero-order valence-electron chi connectivity index (χ0n) is 12.1. The molecule has 116 valence electrons. The summed E-state index contributed by atoms with van der Waals surface area (Å²) in [6, 6.07) is -2.28. The van der Waals surface area contributed by atoms with Crippen LogP contribution in [0.3, 0.4) is 0 Å². The van der Waals surface area contributed by atoms with Crippen molar-refractivity contribution in [3.63, 3.8) is 0 Å². The second-order valence-electron chi connectivity index (χ2n) is 5.21. The third kappa shape index (κ3) is 7.70. The molecule has 0 rings (SSSR count). The van der Waals surface area contributed by atoms with Crippen LogP contribution in [0.15, 0.2) is 0 Å². The van der Waals surface area contributed by atoms with Crippen LogP contribution in [0.2, 0.25) is 0 Å². The molecule has 0 saturated heterocycles. The minimum absolute atomic E-state index is 0.0955. The van der Waals surface area contributed by atoms with Crippen LogP contribution in [0.1, 0.15) is 27.2 Å². The van der Waals surface area contributed by atoms with Gasteiger partial charge in [0.1, 0.15) is 0 Å². The largest absolute Gasteiger partial charge is 0.481 e. The molecule has 0 bridgehead atoms. The van der Waals surface area contributed by atoms with E-state index in [0.717, 1.165) is 0 Å². The van der Waals surface area contributed by atoms with Crippen LogP contribution in [0.4, 0.5) is 0 Å². The van der Waals surface area contributed by atoms with Gasteiger partial charge in [0, 0.05) is 0 Å². The second-order valence-corrected chi connectivity index (χ2v) is 5.21. The second kappa shape index (κ2) is 7.81. The number of ether oxygens (including phenoxy) is 2. The lowest BCUT2D eigenvalue weighted by molar-refractivity contribution is -0.148. The molecule has 0 spiro atoms. The molecule has 1 amide bonds. The molecule has 8 nitrogen and oxygen atoms in total. The number of nitrogens with one attached hydrogen (secondary N) is 1. The predicted octanol–water partition coefficient (Wildman–Crippen LogP) is -0.739. The van der Waals surface area contributed by atoms with E-state index in [0.29, 0.717) is 0 Å². The molecule has 8 heteroatoms. The lowest BCUT2D eigenvalue weighted by atomic mass is 10.1. The third-order valence-corrected chi connectivity index (χ3v) is 2.22. The van der Waals surface area contributed by atoms with E-state index in [9.17, 15) is 14.4 Å². The number of esters is 1. The van der Waals surface area contributed by atoms with Crippen molar-refractivity contribution >= 4 is 17.8 Å². The van der Waals surface area contributed by atoms with Crippen LogP contribution in [0, 0.1) is 0 Å². The summed E-state index contributed by atoms with van der Waals surface area (Å²) in [7, 11) is 1.18. The summed E-state index contributed by atoms with van der Waals surface area (Å²) in [4.78, 5) is 33.7. The molecular weight excluding hydrogens is 268 g/mol. The van der Waals surface area contributed by atoms with Crippen LogP contribution in [-0.4, -0.2) is 54.4 Å². The van der Waals surface area contributed by atoms with Crippen molar-refractivity contribution in [2.24, 2.45) is 5.73 Å². The molecule has 0 aliphatic carbocycles. The Labute approximate surface area is 117 Å². The maximum absolute atomic E-state index is 11.7. The van der Waals surface area contributed by atoms with Gasteiger partial charge >= 0.3 is 11.9 Å². The zero-order valence-corrected chi connectivity index (χ0v) is 12.1. The Hall–Kier alpha value is -1.67. The van der Waals surface area contributed by atoms with E-state index in [1.165, 1.54) is 7.11 Å². The van der Waals surface area contributed by atoms with Crippen LogP contribution in [0.5, 0.6) is 0 Å². The van der Waals surface area contributed by atoms with Gasteiger partial charge in [0.05, 0.1) is 31.8 Å². The SMILES string of the molecule is COC(=O)[C@H](COC(C)(C)C)NC(=O)[C@@H](N)CC(=O)O. The van der Waals surface area contributed by atoms with Gasteiger partial charge in [-0.15, -0.1) is 0 Å². The minimum atomic E-state index is -1.24. The quantitative estimate of drug-likeness (QED) is 0.527. The lowest BCUT2D eigenvalue weighted by Gasteiger charge is -2.24. The van der Waals surface area contributed by atoms with Crippen molar-refractivity contribution < 1.29 is 29.0 Å². The fourth-order valence-corrected chi connectivity index (χ4v) is 1.20. The van der Waals surface area contributed by atoms with Crippen LogP contribution < -0.4 is 11.1 Å². The molecule has 0 aromatic carbocycles. The molecule has 0 heterocycles. The standard InChI is InChI=1S/C12H22N2O6/c1-12(2,3)20-6-8(11(18)19-4)14-10(17)7(13)5-9(15)16/h7-8H,5-6,13H2,1-4H3,(H,14,17)(H,15,16)/t7-,8-/m0/s1. The van der Waals surface area contributed by atoms with Gasteiger partial charge in [-0.05, 0) is 20.8 Å². The average molecular weight is 290 g/mol. The number of amides is 1. The van der Waals surface area contributed by atoms with Crippen LogP contribution >= 0.6 is 0 Å². The summed E-state index contributed by atoms with van der Waals surface area (Å²) < 4.78 is 9.95. The third-order valence-electron chi connectivity index (χ3n) is 2.22. The highest BCUT2D eigenvalue weighted by Gasteiger charge is 2.27. The smallest absolute Gasteiger partial charge is 0.330 e. The number of carbonyl (C=O) groups excluding carboxylic acids is 2. The van der Waals surface area contributed by atoms with Crippen LogP contribution in [0.25, 0.3) is 0 Å². The first-order valence-corrected chi connectivity index (χ1v) is 6.06. The summed E-state index contributed by atoms with van der Waals surface area (Å²) in [5, 5.41) is 10.9. The van der Waals surface area contributed by atoms with E-state index in [-0.39, 0.29) is 6.61 Å². The van der Waals surface area contributed by atoms with Crippen molar-refractivity contribution in [3.8, 4) is 0 Å². The number of rotatable bonds is 7. The van der Waals surface area contributed by atoms with Crippen molar-refractivity contribution in [1.29, 1.82) is 0 Å². The van der Waals surface area contributed by atoms with Gasteiger partial charge in [0.15, 0.2) is 6.04 Å². The van der Waals surface area contributed by atoms with Crippen molar-refractivity contribution in [2.45, 2.75) is 44.9 Å². The molecule has 0 saturated carbocycles. The van der Waals surface area contributed by atoms with Crippen molar-refractivity contribution in [2.75, 3.05) is 13.7 Å². The first-order chi connectivity index (χ1) is 9.06. The number of carboxylic acids is 1. The highest BCUT2D eigenvalue weighted by molar-refractivity contribution is 5.89. The molecule has 0 fully saturated rings. The highest BCUT2D eigenvalue weighted by Crippen LogP contribution is 2.07. The van der Waals surface area contributed by atoms with Gasteiger partial charge in [-0.1, -0.05) is 0 Å². The molecule has 0 aromatic rings. The fourth-order valence-electron chi connectivity index (χ4n) is 1.20.